The zero-order valence-electron chi connectivity index (χ0n) is 14.8. The number of methoxy groups -OCH3 is 1. The molecule has 0 heterocycles. The Bertz CT molecular complexity index is 853. The third kappa shape index (κ3) is 4.93. The summed E-state index contributed by atoms with van der Waals surface area (Å²) in [6, 6.07) is 13.0. The summed E-state index contributed by atoms with van der Waals surface area (Å²) < 4.78 is 24.5. The second-order valence-electron chi connectivity index (χ2n) is 5.64. The predicted molar refractivity (Wildman–Crippen MR) is 98.0 cm³/mol. The summed E-state index contributed by atoms with van der Waals surface area (Å²) in [5, 5.41) is 9.36. The first-order valence-corrected chi connectivity index (χ1v) is 8.34. The Morgan fingerprint density at radius 3 is 2.65 bits per heavy atom. The molecule has 26 heavy (non-hydrogen) atoms. The van der Waals surface area contributed by atoms with Gasteiger partial charge in [-0.15, -0.1) is 0 Å². The van der Waals surface area contributed by atoms with Crippen LogP contribution in [-0.2, 0) is 4.79 Å². The maximum absolute atomic E-state index is 13.9. The highest BCUT2D eigenvalue weighted by Gasteiger charge is 2.12. The monoisotopic (exact) mass is 353 g/mol. The van der Waals surface area contributed by atoms with Crippen LogP contribution >= 0.6 is 0 Å². The fourth-order valence-electron chi connectivity index (χ4n) is 2.37. The molecule has 0 fully saturated rings. The molecule has 0 aromatic heterocycles. The zero-order valence-corrected chi connectivity index (χ0v) is 14.8. The Hall–Kier alpha value is -3.13. The van der Waals surface area contributed by atoms with Crippen LogP contribution in [0.15, 0.2) is 42.5 Å². The lowest BCUT2D eigenvalue weighted by molar-refractivity contribution is -0.134. The molecular weight excluding hydrogens is 333 g/mol. The molecule has 2 rings (SSSR count). The first-order valence-electron chi connectivity index (χ1n) is 8.34. The summed E-state index contributed by atoms with van der Waals surface area (Å²) in [6.45, 7) is 2.00. The third-order valence-corrected chi connectivity index (χ3v) is 3.74. The molecule has 0 saturated heterocycles. The number of halogens is 1. The molecule has 0 saturated carbocycles. The highest BCUT2D eigenvalue weighted by Crippen LogP contribution is 2.30. The molecule has 0 amide bonds. The van der Waals surface area contributed by atoms with E-state index in [1.54, 1.807) is 42.5 Å². The van der Waals surface area contributed by atoms with Gasteiger partial charge in [0.25, 0.3) is 0 Å². The average Bonchev–Trinajstić information content (AvgIpc) is 2.66. The summed E-state index contributed by atoms with van der Waals surface area (Å²) in [4.78, 5) is 11.8. The molecule has 134 valence electrons. The molecule has 0 aliphatic rings. The van der Waals surface area contributed by atoms with E-state index in [4.69, 9.17) is 9.47 Å². The van der Waals surface area contributed by atoms with Gasteiger partial charge in [-0.25, -0.2) is 4.39 Å². The second kappa shape index (κ2) is 9.38. The van der Waals surface area contributed by atoms with E-state index < -0.39 is 5.82 Å². The van der Waals surface area contributed by atoms with E-state index in [9.17, 15) is 14.4 Å². The maximum atomic E-state index is 13.9. The van der Waals surface area contributed by atoms with E-state index in [1.165, 1.54) is 13.2 Å². The number of nitriles is 1. The zero-order chi connectivity index (χ0) is 18.9. The minimum atomic E-state index is -0.464. The van der Waals surface area contributed by atoms with Gasteiger partial charge in [0.1, 0.15) is 5.82 Å². The Morgan fingerprint density at radius 2 is 2.00 bits per heavy atom. The number of hydrogen-bond acceptors (Lipinski definition) is 4. The molecule has 0 bridgehead atoms. The molecule has 0 unspecified atom stereocenters. The van der Waals surface area contributed by atoms with Crippen molar-refractivity contribution in [3.63, 3.8) is 0 Å². The number of hydrogen-bond donors (Lipinski definition) is 0. The van der Waals surface area contributed by atoms with Crippen LogP contribution in [-0.4, -0.2) is 13.1 Å². The summed E-state index contributed by atoms with van der Waals surface area (Å²) >= 11 is 0. The van der Waals surface area contributed by atoms with Crippen molar-refractivity contribution >= 4 is 17.6 Å². The maximum Gasteiger partial charge on any atom is 0.311 e. The Morgan fingerprint density at radius 1 is 1.23 bits per heavy atom. The third-order valence-electron chi connectivity index (χ3n) is 3.74. The van der Waals surface area contributed by atoms with E-state index in [2.05, 4.69) is 0 Å². The van der Waals surface area contributed by atoms with Crippen molar-refractivity contribution in [3.05, 3.63) is 59.4 Å². The normalized spacial score (nSPS) is 10.9. The van der Waals surface area contributed by atoms with E-state index in [0.717, 1.165) is 12.8 Å². The van der Waals surface area contributed by atoms with Crippen LogP contribution < -0.4 is 9.47 Å². The lowest BCUT2D eigenvalue weighted by Crippen LogP contribution is -2.08. The molecule has 0 spiro atoms. The summed E-state index contributed by atoms with van der Waals surface area (Å²) in [7, 11) is 1.47. The molecule has 0 radical (unpaired) electrons. The van der Waals surface area contributed by atoms with Gasteiger partial charge >= 0.3 is 5.97 Å². The van der Waals surface area contributed by atoms with E-state index in [0.29, 0.717) is 23.5 Å². The first kappa shape index (κ1) is 19.2. The topological polar surface area (TPSA) is 59.3 Å². The van der Waals surface area contributed by atoms with Gasteiger partial charge in [0, 0.05) is 12.0 Å². The lowest BCUT2D eigenvalue weighted by Gasteiger charge is -2.10. The first-order chi connectivity index (χ1) is 12.6. The van der Waals surface area contributed by atoms with Gasteiger partial charge in [-0.05, 0) is 36.3 Å². The Balaban J connectivity index is 2.29. The molecule has 4 nitrogen and oxygen atoms in total. The number of nitrogens with zero attached hydrogens (tertiary/aromatic N) is 1. The van der Waals surface area contributed by atoms with Gasteiger partial charge in [-0.1, -0.05) is 37.6 Å². The fourth-order valence-corrected chi connectivity index (χ4v) is 2.37. The highest BCUT2D eigenvalue weighted by atomic mass is 19.1. The van der Waals surface area contributed by atoms with Crippen LogP contribution in [0.2, 0.25) is 0 Å². The smallest absolute Gasteiger partial charge is 0.311 e. The SMILES string of the molecule is CCCCC(=O)Oc1ccc(/C=C(/C#N)c2ccccc2F)cc1OC. The van der Waals surface area contributed by atoms with Crippen molar-refractivity contribution in [2.45, 2.75) is 26.2 Å². The van der Waals surface area contributed by atoms with Crippen LogP contribution in [0.25, 0.3) is 11.6 Å². The quantitative estimate of drug-likeness (QED) is 0.304. The standard InChI is InChI=1S/C21H20FNO3/c1-3-4-9-21(24)26-19-11-10-15(13-20(19)25-2)12-16(14-23)17-7-5-6-8-18(17)22/h5-8,10-13H,3-4,9H2,1-2H3/b16-12-. The van der Waals surface area contributed by atoms with E-state index >= 15 is 0 Å². The van der Waals surface area contributed by atoms with Gasteiger partial charge in [0.2, 0.25) is 0 Å². The van der Waals surface area contributed by atoms with Gasteiger partial charge in [0.15, 0.2) is 11.5 Å². The Labute approximate surface area is 152 Å². The van der Waals surface area contributed by atoms with Gasteiger partial charge in [-0.2, -0.15) is 5.26 Å². The van der Waals surface area contributed by atoms with Crippen LogP contribution in [0.1, 0.15) is 37.3 Å². The van der Waals surface area contributed by atoms with Crippen LogP contribution in [0.3, 0.4) is 0 Å². The lowest BCUT2D eigenvalue weighted by atomic mass is 10.0. The van der Waals surface area contributed by atoms with Crippen LogP contribution in [0.4, 0.5) is 4.39 Å². The van der Waals surface area contributed by atoms with E-state index in [-0.39, 0.29) is 17.1 Å². The molecule has 0 atom stereocenters. The van der Waals surface area contributed by atoms with Crippen LogP contribution in [0.5, 0.6) is 11.5 Å². The molecule has 0 aliphatic carbocycles. The van der Waals surface area contributed by atoms with Crippen molar-refractivity contribution in [2.24, 2.45) is 0 Å². The van der Waals surface area contributed by atoms with E-state index in [1.807, 2.05) is 13.0 Å². The van der Waals surface area contributed by atoms with Crippen LogP contribution in [0, 0.1) is 17.1 Å². The summed E-state index contributed by atoms with van der Waals surface area (Å²) in [5.41, 5.74) is 1.05. The van der Waals surface area contributed by atoms with Crippen molar-refractivity contribution in [2.75, 3.05) is 7.11 Å². The number of carbonyl (C=O) groups is 1. The number of unbranched alkanes of at least 4 members (excludes halogenated alkanes) is 1. The summed E-state index contributed by atoms with van der Waals surface area (Å²) in [5.74, 6) is -0.101. The predicted octanol–water partition coefficient (Wildman–Crippen LogP) is 4.99. The molecular formula is C21H20FNO3. The van der Waals surface area contributed by atoms with Crippen molar-refractivity contribution in [3.8, 4) is 17.6 Å². The molecule has 0 N–H and O–H groups in total. The minimum absolute atomic E-state index is 0.192. The van der Waals surface area contributed by atoms with Gasteiger partial charge < -0.3 is 9.47 Å². The van der Waals surface area contributed by atoms with Crippen molar-refractivity contribution in [1.29, 1.82) is 5.26 Å². The molecule has 2 aromatic rings. The molecule has 2 aromatic carbocycles. The number of rotatable bonds is 7. The minimum Gasteiger partial charge on any atom is -0.493 e. The largest absolute Gasteiger partial charge is 0.493 e. The van der Waals surface area contributed by atoms with Gasteiger partial charge in [-0.3, -0.25) is 4.79 Å². The Kier molecular flexibility index (Phi) is 6.92. The molecule has 0 aliphatic heterocycles. The average molecular weight is 353 g/mol. The van der Waals surface area contributed by atoms with Crippen molar-refractivity contribution < 1.29 is 18.7 Å². The highest BCUT2D eigenvalue weighted by molar-refractivity contribution is 5.90. The number of carbonyl (C=O) groups excluding carboxylic acids is 1. The molecule has 5 heteroatoms. The van der Waals surface area contributed by atoms with Crippen molar-refractivity contribution in [1.82, 2.24) is 0 Å². The van der Waals surface area contributed by atoms with Gasteiger partial charge in [0.05, 0.1) is 18.8 Å². The number of esters is 1. The second-order valence-corrected chi connectivity index (χ2v) is 5.64. The number of allylic oxidation sites excluding steroid dienone is 1. The summed E-state index contributed by atoms with van der Waals surface area (Å²) in [6.07, 6.45) is 3.57. The number of benzene rings is 2. The fraction of sp³-hybridized carbons (Fsp3) is 0.238. The number of ether oxygens (including phenoxy) is 2.